The molecule has 0 aromatic heterocycles. The Bertz CT molecular complexity index is 1520. The smallest absolute Gasteiger partial charge is 0.261 e. The van der Waals surface area contributed by atoms with Crippen molar-refractivity contribution in [3.05, 3.63) is 137 Å². The summed E-state index contributed by atoms with van der Waals surface area (Å²) in [5, 5.41) is 3.28. The number of allylic oxidation sites excluding steroid dienone is 9. The first-order chi connectivity index (χ1) is 20.9. The summed E-state index contributed by atoms with van der Waals surface area (Å²) in [4.78, 5) is 1.67. The van der Waals surface area contributed by atoms with E-state index in [1.165, 1.54) is 12.1 Å². The van der Waals surface area contributed by atoms with Crippen molar-refractivity contribution in [2.24, 2.45) is 0 Å². The second kappa shape index (κ2) is 16.3. The van der Waals surface area contributed by atoms with Crippen LogP contribution in [0.15, 0.2) is 109 Å². The molecule has 1 saturated heterocycles. The average molecular weight is 604 g/mol. The van der Waals surface area contributed by atoms with E-state index in [0.29, 0.717) is 52.1 Å². The summed E-state index contributed by atoms with van der Waals surface area (Å²) in [6, 6.07) is 9.49. The number of likely N-dealkylation sites (tertiary alicyclic amines) is 1. The van der Waals surface area contributed by atoms with Crippen LogP contribution in [0.4, 0.5) is 23.2 Å². The monoisotopic (exact) mass is 603 g/mol. The van der Waals surface area contributed by atoms with Crippen LogP contribution in [-0.2, 0) is 6.42 Å². The zero-order valence-electron chi connectivity index (χ0n) is 25.7. The van der Waals surface area contributed by atoms with Gasteiger partial charge in [-0.15, -0.1) is 12.8 Å². The molecule has 0 amide bonds. The average Bonchev–Trinajstić information content (AvgIpc) is 3.34. The molecule has 44 heavy (non-hydrogen) atoms. The van der Waals surface area contributed by atoms with Crippen molar-refractivity contribution in [3.8, 4) is 12.8 Å². The molecule has 0 radical (unpaired) electrons. The molecule has 3 N–H and O–H groups in total. The predicted octanol–water partition coefficient (Wildman–Crippen LogP) is 8.86. The van der Waals surface area contributed by atoms with Crippen LogP contribution in [0.3, 0.4) is 0 Å². The lowest BCUT2D eigenvalue weighted by Gasteiger charge is -2.18. The van der Waals surface area contributed by atoms with Crippen molar-refractivity contribution in [1.82, 2.24) is 10.2 Å². The van der Waals surface area contributed by atoms with E-state index >= 15 is 4.39 Å². The van der Waals surface area contributed by atoms with Crippen LogP contribution in [0.25, 0.3) is 11.1 Å². The Balaban J connectivity index is 0.00000330. The van der Waals surface area contributed by atoms with E-state index in [1.807, 2.05) is 13.8 Å². The van der Waals surface area contributed by atoms with Gasteiger partial charge < -0.3 is 11.1 Å². The molecule has 232 valence electrons. The summed E-state index contributed by atoms with van der Waals surface area (Å²) in [5.41, 5.74) is 12.1. The number of benzene rings is 2. The zero-order valence-corrected chi connectivity index (χ0v) is 25.7. The number of nitrogens with one attached hydrogen (secondary N) is 1. The van der Waals surface area contributed by atoms with Crippen LogP contribution in [0, 0.1) is 24.5 Å². The number of halogens is 4. The molecule has 0 saturated carbocycles. The number of nitrogens with zero attached hydrogens (tertiary/aromatic N) is 1. The second-order valence-corrected chi connectivity index (χ2v) is 10.5. The quantitative estimate of drug-likeness (QED) is 0.110. The molecule has 1 fully saturated rings. The van der Waals surface area contributed by atoms with Gasteiger partial charge in [0.2, 0.25) is 0 Å². The van der Waals surface area contributed by atoms with Crippen LogP contribution in [0.2, 0.25) is 0 Å². The fourth-order valence-corrected chi connectivity index (χ4v) is 4.94. The van der Waals surface area contributed by atoms with Crippen molar-refractivity contribution in [2.45, 2.75) is 39.5 Å². The molecule has 0 spiro atoms. The van der Waals surface area contributed by atoms with Gasteiger partial charge in [-0.2, -0.15) is 0 Å². The van der Waals surface area contributed by atoms with Crippen LogP contribution in [-0.4, -0.2) is 30.5 Å². The highest BCUT2D eigenvalue weighted by Crippen LogP contribution is 2.31. The van der Waals surface area contributed by atoms with Gasteiger partial charge in [-0.25, -0.2) is 17.6 Å². The SMILES string of the molecule is C#C.C=C/C=C(\C(C)=C(/C)NC(=C)Cc1cc(C(/C=C(\C=C)CN2CCC(F)(F)C2)=C/C)c(F)cc1N)c1ccccc1F. The van der Waals surface area contributed by atoms with Crippen LogP contribution < -0.4 is 11.1 Å². The topological polar surface area (TPSA) is 41.3 Å². The first-order valence-electron chi connectivity index (χ1n) is 14.1. The molecule has 1 aliphatic rings. The number of alkyl halides is 2. The summed E-state index contributed by atoms with van der Waals surface area (Å²) >= 11 is 0. The first kappa shape index (κ1) is 35.7. The molecule has 2 aromatic rings. The van der Waals surface area contributed by atoms with E-state index in [4.69, 9.17) is 5.73 Å². The Morgan fingerprint density at radius 1 is 1.09 bits per heavy atom. The fraction of sp³-hybridized carbons (Fsp3) is 0.243. The van der Waals surface area contributed by atoms with E-state index in [-0.39, 0.29) is 31.0 Å². The number of terminal acetylenes is 1. The van der Waals surface area contributed by atoms with Crippen molar-refractivity contribution in [1.29, 1.82) is 0 Å². The van der Waals surface area contributed by atoms with E-state index in [1.54, 1.807) is 66.5 Å². The Hall–Kier alpha value is -4.54. The molecule has 3 nitrogen and oxygen atoms in total. The number of rotatable bonds is 12. The lowest BCUT2D eigenvalue weighted by molar-refractivity contribution is 0.0131. The Morgan fingerprint density at radius 2 is 1.77 bits per heavy atom. The lowest BCUT2D eigenvalue weighted by Crippen LogP contribution is -2.26. The summed E-state index contributed by atoms with van der Waals surface area (Å²) in [7, 11) is 0. The minimum absolute atomic E-state index is 0.176. The minimum Gasteiger partial charge on any atom is -0.398 e. The molecule has 0 bridgehead atoms. The van der Waals surface area contributed by atoms with Crippen molar-refractivity contribution < 1.29 is 17.6 Å². The van der Waals surface area contributed by atoms with Gasteiger partial charge in [0, 0.05) is 54.1 Å². The highest BCUT2D eigenvalue weighted by molar-refractivity contribution is 5.80. The summed E-state index contributed by atoms with van der Waals surface area (Å²) < 4.78 is 57.1. The highest BCUT2D eigenvalue weighted by atomic mass is 19.3. The zero-order chi connectivity index (χ0) is 33.0. The third-order valence-corrected chi connectivity index (χ3v) is 7.29. The number of hydrogen-bond acceptors (Lipinski definition) is 3. The van der Waals surface area contributed by atoms with E-state index < -0.39 is 11.7 Å². The largest absolute Gasteiger partial charge is 0.398 e. The molecule has 3 rings (SSSR count). The first-order valence-corrected chi connectivity index (χ1v) is 14.1. The Morgan fingerprint density at radius 3 is 2.34 bits per heavy atom. The van der Waals surface area contributed by atoms with Gasteiger partial charge in [0.05, 0.1) is 6.54 Å². The standard InChI is InChI=1S/C35H39F4N3.C2H2/c1-7-12-29(30-13-10-11-14-32(30)36)24(5)25(6)41-23(4)17-28-19-31(33(37)20-34(28)40)27(9-3)18-26(8-2)21-42-16-15-35(38,39)22-42;1-2/h7-14,18-20,41H,1-2,4,15-17,21-22,40H2,3,5-6H3;1-2H/b25-24+,26-18+,27-9+,29-12+;. The number of hydrogen-bond donors (Lipinski definition) is 2. The van der Waals surface area contributed by atoms with E-state index in [0.717, 1.165) is 11.3 Å². The number of nitrogen functional groups attached to an aromatic ring is 1. The second-order valence-electron chi connectivity index (χ2n) is 10.5. The molecule has 2 aromatic carbocycles. The third kappa shape index (κ3) is 9.48. The minimum atomic E-state index is -2.70. The molecule has 0 unspecified atom stereocenters. The molecule has 0 atom stereocenters. The Labute approximate surface area is 259 Å². The number of anilines is 1. The maximum Gasteiger partial charge on any atom is 0.261 e. The normalized spacial score (nSPS) is 16.0. The maximum absolute atomic E-state index is 15.2. The molecule has 7 heteroatoms. The van der Waals surface area contributed by atoms with Gasteiger partial charge in [-0.3, -0.25) is 4.90 Å². The van der Waals surface area contributed by atoms with Gasteiger partial charge in [-0.05, 0) is 66.8 Å². The van der Waals surface area contributed by atoms with Gasteiger partial charge in [0.15, 0.2) is 0 Å². The molecule has 0 aliphatic carbocycles. The highest BCUT2D eigenvalue weighted by Gasteiger charge is 2.38. The summed E-state index contributed by atoms with van der Waals surface area (Å²) in [6.45, 7) is 17.5. The molecular weight excluding hydrogens is 562 g/mol. The maximum atomic E-state index is 15.2. The van der Waals surface area contributed by atoms with Gasteiger partial charge in [-0.1, -0.05) is 68.3 Å². The number of nitrogens with two attached hydrogens (primary N) is 1. The predicted molar refractivity (Wildman–Crippen MR) is 178 cm³/mol. The van der Waals surface area contributed by atoms with Crippen LogP contribution in [0.1, 0.15) is 43.9 Å². The van der Waals surface area contributed by atoms with Crippen molar-refractivity contribution in [3.63, 3.8) is 0 Å². The third-order valence-electron chi connectivity index (χ3n) is 7.29. The molecule has 1 aliphatic heterocycles. The van der Waals surface area contributed by atoms with E-state index in [2.05, 4.69) is 37.9 Å². The van der Waals surface area contributed by atoms with Gasteiger partial charge in [0.1, 0.15) is 11.6 Å². The van der Waals surface area contributed by atoms with Gasteiger partial charge >= 0.3 is 0 Å². The van der Waals surface area contributed by atoms with E-state index in [9.17, 15) is 13.2 Å². The van der Waals surface area contributed by atoms with Crippen LogP contribution >= 0.6 is 0 Å². The Kier molecular flexibility index (Phi) is 13.2. The molecular formula is C37H41F4N3. The van der Waals surface area contributed by atoms with Crippen molar-refractivity contribution >= 4 is 16.8 Å². The fourth-order valence-electron chi connectivity index (χ4n) is 4.94. The lowest BCUT2D eigenvalue weighted by atomic mass is 9.95. The summed E-state index contributed by atoms with van der Waals surface area (Å²) in [6.07, 6.45) is 16.6. The van der Waals surface area contributed by atoms with Crippen LogP contribution in [0.5, 0.6) is 0 Å². The van der Waals surface area contributed by atoms with Crippen molar-refractivity contribution in [2.75, 3.05) is 25.4 Å². The molecule has 1 heterocycles. The summed E-state index contributed by atoms with van der Waals surface area (Å²) in [5.74, 6) is -3.53. The van der Waals surface area contributed by atoms with Gasteiger partial charge in [0.25, 0.3) is 5.92 Å².